The molecular weight excluding hydrogens is 467 g/mol. The van der Waals surface area contributed by atoms with Gasteiger partial charge in [0, 0.05) is 0 Å². The molecule has 3 aromatic rings. The van der Waals surface area contributed by atoms with Crippen LogP contribution in [-0.2, 0) is 5.41 Å². The van der Waals surface area contributed by atoms with Gasteiger partial charge in [0.1, 0.15) is 0 Å². The summed E-state index contributed by atoms with van der Waals surface area (Å²) in [6.45, 7) is 6.61. The Bertz CT molecular complexity index is 1090. The molecule has 2 aromatic carbocycles. The van der Waals surface area contributed by atoms with Gasteiger partial charge in [0.2, 0.25) is 0 Å². The van der Waals surface area contributed by atoms with Gasteiger partial charge in [0.15, 0.2) is 0 Å². The van der Waals surface area contributed by atoms with Gasteiger partial charge in [0.25, 0.3) is 0 Å². The van der Waals surface area contributed by atoms with Gasteiger partial charge >= 0.3 is 165 Å². The third-order valence-electron chi connectivity index (χ3n) is 6.10. The Kier molecular flexibility index (Phi) is 6.38. The first kappa shape index (κ1) is 22.2. The zero-order valence-corrected chi connectivity index (χ0v) is 21.5. The van der Waals surface area contributed by atoms with Crippen LogP contribution in [0, 0.1) is 0 Å². The van der Waals surface area contributed by atoms with Crippen molar-refractivity contribution in [2.45, 2.75) is 73.1 Å². The molecular formula is C25H34O3Sn. The summed E-state index contributed by atoms with van der Waals surface area (Å²) in [5.74, 6) is 0.203. The Morgan fingerprint density at radius 3 is 2.38 bits per heavy atom. The minimum atomic E-state index is -2.32. The average Bonchev–Trinajstić information content (AvgIpc) is 2.63. The molecule has 0 aliphatic heterocycles. The van der Waals surface area contributed by atoms with E-state index in [1.165, 1.54) is 22.8 Å². The van der Waals surface area contributed by atoms with Crippen LogP contribution in [0.4, 0.5) is 0 Å². The van der Waals surface area contributed by atoms with Crippen LogP contribution in [0.5, 0.6) is 5.75 Å². The van der Waals surface area contributed by atoms with Gasteiger partial charge in [0.05, 0.1) is 0 Å². The first-order valence-electron chi connectivity index (χ1n) is 10.8. The molecule has 0 aliphatic carbocycles. The number of phenols is 1. The Balaban J connectivity index is 2.15. The summed E-state index contributed by atoms with van der Waals surface area (Å²) in [4.78, 5) is 19.7. The molecule has 3 nitrogen and oxygen atoms in total. The van der Waals surface area contributed by atoms with Crippen LogP contribution >= 0.6 is 0 Å². The molecule has 0 bridgehead atoms. The van der Waals surface area contributed by atoms with Crippen molar-refractivity contribution in [3.05, 3.63) is 46.3 Å². The van der Waals surface area contributed by atoms with Crippen LogP contribution in [-0.4, -0.2) is 23.5 Å². The van der Waals surface area contributed by atoms with Gasteiger partial charge in [-0.25, -0.2) is 0 Å². The zero-order chi connectivity index (χ0) is 21.4. The Morgan fingerprint density at radius 2 is 1.72 bits per heavy atom. The fraction of sp³-hybridized carbons (Fsp3) is 0.480. The topological polar surface area (TPSA) is 50.4 Å². The van der Waals surface area contributed by atoms with Crippen molar-refractivity contribution in [3.63, 3.8) is 0 Å². The summed E-state index contributed by atoms with van der Waals surface area (Å²) >= 11 is -2.32. The third-order valence-corrected chi connectivity index (χ3v) is 11.9. The molecule has 1 N–H and O–H groups in total. The molecule has 0 amide bonds. The molecule has 0 radical (unpaired) electrons. The molecule has 4 heteroatoms. The second-order valence-electron chi connectivity index (χ2n) is 9.96. The fourth-order valence-electron chi connectivity index (χ4n) is 4.03. The summed E-state index contributed by atoms with van der Waals surface area (Å²) < 4.78 is 6.99. The molecule has 1 heterocycles. The molecule has 0 saturated carbocycles. The zero-order valence-electron chi connectivity index (χ0n) is 18.7. The van der Waals surface area contributed by atoms with Gasteiger partial charge < -0.3 is 0 Å². The predicted octanol–water partition coefficient (Wildman–Crippen LogP) is 6.45. The Hall–Kier alpha value is -1.49. The van der Waals surface area contributed by atoms with Crippen molar-refractivity contribution in [1.29, 1.82) is 0 Å². The maximum absolute atomic E-state index is 12.6. The molecule has 3 rings (SSSR count). The third kappa shape index (κ3) is 4.65. The van der Waals surface area contributed by atoms with Gasteiger partial charge in [-0.15, -0.1) is 0 Å². The normalized spacial score (nSPS) is 12.8. The van der Waals surface area contributed by atoms with E-state index >= 15 is 0 Å². The van der Waals surface area contributed by atoms with Gasteiger partial charge in [-0.05, 0) is 0 Å². The quantitative estimate of drug-likeness (QED) is 0.175. The Labute approximate surface area is 178 Å². The first-order valence-corrected chi connectivity index (χ1v) is 20.8. The number of phenolic OH excluding ortho intramolecular Hbond substituents is 1. The summed E-state index contributed by atoms with van der Waals surface area (Å²) in [7, 11) is 0. The van der Waals surface area contributed by atoms with Crippen LogP contribution in [0.25, 0.3) is 21.7 Å². The summed E-state index contributed by atoms with van der Waals surface area (Å²) in [5, 5.41) is 13.0. The molecule has 0 saturated heterocycles. The van der Waals surface area contributed by atoms with Crippen LogP contribution in [0.15, 0.2) is 39.5 Å². The molecule has 0 spiro atoms. The van der Waals surface area contributed by atoms with Crippen molar-refractivity contribution in [1.82, 2.24) is 0 Å². The van der Waals surface area contributed by atoms with Crippen molar-refractivity contribution < 1.29 is 9.52 Å². The maximum atomic E-state index is 12.6. The molecule has 0 atom stereocenters. The van der Waals surface area contributed by atoms with E-state index in [1.807, 2.05) is 18.2 Å². The van der Waals surface area contributed by atoms with Crippen molar-refractivity contribution >= 4 is 43.7 Å². The second-order valence-corrected chi connectivity index (χ2v) is 24.5. The van der Waals surface area contributed by atoms with E-state index in [4.69, 9.17) is 4.42 Å². The first-order chi connectivity index (χ1) is 13.5. The van der Waals surface area contributed by atoms with E-state index in [1.54, 1.807) is 0 Å². The van der Waals surface area contributed by atoms with E-state index in [-0.39, 0.29) is 16.8 Å². The summed E-state index contributed by atoms with van der Waals surface area (Å²) in [6.07, 6.45) is 5.89. The second kappa shape index (κ2) is 8.33. The van der Waals surface area contributed by atoms with E-state index in [9.17, 15) is 9.90 Å². The number of rotatable bonds is 7. The fourth-order valence-corrected chi connectivity index (χ4v) is 7.34. The Morgan fingerprint density at radius 1 is 1.00 bits per heavy atom. The summed E-state index contributed by atoms with van der Waals surface area (Å²) in [6, 6.07) is 9.87. The van der Waals surface area contributed by atoms with Crippen molar-refractivity contribution in [2.75, 3.05) is 0 Å². The van der Waals surface area contributed by atoms with Crippen LogP contribution in [0.3, 0.4) is 0 Å². The number of benzene rings is 2. The number of unbranched alkanes of at least 4 members (excludes halogenated alkanes) is 3. The number of fused-ring (bicyclic) bond motifs is 3. The van der Waals surface area contributed by atoms with E-state index in [2.05, 4.69) is 47.7 Å². The molecule has 156 valence electrons. The van der Waals surface area contributed by atoms with Crippen LogP contribution < -0.4 is 9.20 Å². The number of aromatic hydroxyl groups is 1. The standard InChI is InChI=1S/C22H25O3.3CH3.Sn/c1-4-5-6-9-12-22(2,3)15-13-18(23)20-16-10-7-8-11-17(16)21(24)25-19(20)14-15;;;;/h8,10-11,13-14,23H,4-6,9,12H2,1-3H3;3*1H3;. The monoisotopic (exact) mass is 502 g/mol. The molecule has 0 aliphatic rings. The van der Waals surface area contributed by atoms with E-state index in [0.717, 1.165) is 23.8 Å². The average molecular weight is 501 g/mol. The van der Waals surface area contributed by atoms with Crippen LogP contribution in [0.2, 0.25) is 14.8 Å². The molecule has 0 fully saturated rings. The summed E-state index contributed by atoms with van der Waals surface area (Å²) in [5.41, 5.74) is 1.09. The van der Waals surface area contributed by atoms with E-state index in [0.29, 0.717) is 16.4 Å². The SMILES string of the molecule is CCCCCCC(C)(C)c1cc(O)c2c(c1)oc(=O)c1cc[c]([Sn]([CH3])([CH3])[CH3])cc12. The van der Waals surface area contributed by atoms with Gasteiger partial charge in [-0.3, -0.25) is 0 Å². The molecule has 1 aromatic heterocycles. The number of hydrogen-bond donors (Lipinski definition) is 1. The van der Waals surface area contributed by atoms with Crippen LogP contribution in [0.1, 0.15) is 58.4 Å². The predicted molar refractivity (Wildman–Crippen MR) is 126 cm³/mol. The number of hydrogen-bond acceptors (Lipinski definition) is 3. The molecule has 29 heavy (non-hydrogen) atoms. The van der Waals surface area contributed by atoms with Crippen molar-refractivity contribution in [2.24, 2.45) is 0 Å². The molecule has 0 unspecified atom stereocenters. The minimum absolute atomic E-state index is 0.0867. The van der Waals surface area contributed by atoms with E-state index < -0.39 is 18.4 Å². The van der Waals surface area contributed by atoms with Gasteiger partial charge in [-0.2, -0.15) is 0 Å². The van der Waals surface area contributed by atoms with Gasteiger partial charge in [-0.1, -0.05) is 13.3 Å². The van der Waals surface area contributed by atoms with Crippen molar-refractivity contribution in [3.8, 4) is 5.75 Å².